The molecule has 0 saturated carbocycles. The smallest absolute Gasteiger partial charge is 0.410 e. The number of likely N-dealkylation sites (N-methyl/N-ethyl adjacent to an activating group) is 1. The van der Waals surface area contributed by atoms with E-state index in [0.29, 0.717) is 0 Å². The van der Waals surface area contributed by atoms with Crippen molar-refractivity contribution in [2.45, 2.75) is 44.8 Å². The van der Waals surface area contributed by atoms with Gasteiger partial charge in [-0.2, -0.15) is 0 Å². The summed E-state index contributed by atoms with van der Waals surface area (Å²) in [6.07, 6.45) is 2.02. The van der Waals surface area contributed by atoms with E-state index >= 15 is 0 Å². The fourth-order valence-corrected chi connectivity index (χ4v) is 2.99. The minimum absolute atomic E-state index is 0.0907. The number of likely N-dealkylation sites (tertiary alicyclic amines) is 1. The lowest BCUT2D eigenvalue weighted by Gasteiger charge is -2.50. The van der Waals surface area contributed by atoms with E-state index in [1.165, 1.54) is 0 Å². The topological polar surface area (TPSA) is 44.8 Å². The van der Waals surface area contributed by atoms with E-state index < -0.39 is 5.60 Å². The zero-order valence-electron chi connectivity index (χ0n) is 12.7. The molecule has 1 unspecified atom stereocenters. The van der Waals surface area contributed by atoms with Gasteiger partial charge in [0.2, 0.25) is 0 Å². The van der Waals surface area contributed by atoms with Crippen LogP contribution in [0, 0.1) is 0 Å². The van der Waals surface area contributed by atoms with Crippen LogP contribution in [0.4, 0.5) is 4.79 Å². The number of carbonyl (C=O) groups is 1. The van der Waals surface area contributed by atoms with Crippen molar-refractivity contribution in [3.05, 3.63) is 0 Å². The Bertz CT molecular complexity index is 336. The van der Waals surface area contributed by atoms with Gasteiger partial charge >= 0.3 is 6.09 Å². The minimum Gasteiger partial charge on any atom is -0.444 e. The normalized spacial score (nSPS) is 29.6. The number of rotatable bonds is 0. The molecule has 0 aromatic rings. The predicted octanol–water partition coefficient (Wildman–Crippen LogP) is 1.29. The molecule has 0 aliphatic carbocycles. The Labute approximate surface area is 116 Å². The second kappa shape index (κ2) is 5.29. The molecule has 2 aliphatic rings. The van der Waals surface area contributed by atoms with Crippen LogP contribution in [0.5, 0.6) is 0 Å². The summed E-state index contributed by atoms with van der Waals surface area (Å²) in [7, 11) is 2.17. The number of ether oxygens (including phenoxy) is 1. The third-order valence-corrected chi connectivity index (χ3v) is 4.09. The van der Waals surface area contributed by atoms with Gasteiger partial charge in [-0.1, -0.05) is 0 Å². The highest BCUT2D eigenvalue weighted by molar-refractivity contribution is 5.68. The van der Waals surface area contributed by atoms with E-state index in [0.717, 1.165) is 45.6 Å². The highest BCUT2D eigenvalue weighted by atomic mass is 16.6. The van der Waals surface area contributed by atoms with Gasteiger partial charge in [-0.05, 0) is 40.7 Å². The summed E-state index contributed by atoms with van der Waals surface area (Å²) >= 11 is 0. The molecule has 0 aromatic carbocycles. The molecule has 1 amide bonds. The van der Waals surface area contributed by atoms with Crippen LogP contribution in [0.15, 0.2) is 0 Å². The molecule has 0 radical (unpaired) electrons. The van der Waals surface area contributed by atoms with Crippen LogP contribution in [0.1, 0.15) is 33.6 Å². The molecule has 2 rings (SSSR count). The Morgan fingerprint density at radius 1 is 1.32 bits per heavy atom. The van der Waals surface area contributed by atoms with E-state index in [4.69, 9.17) is 4.74 Å². The van der Waals surface area contributed by atoms with Crippen LogP contribution < -0.4 is 5.32 Å². The first-order valence-corrected chi connectivity index (χ1v) is 7.22. The molecular formula is C14H27N3O2. The zero-order valence-corrected chi connectivity index (χ0v) is 12.7. The van der Waals surface area contributed by atoms with Crippen molar-refractivity contribution < 1.29 is 9.53 Å². The van der Waals surface area contributed by atoms with E-state index in [1.54, 1.807) is 0 Å². The summed E-state index contributed by atoms with van der Waals surface area (Å²) in [5, 5.41) is 3.46. The maximum atomic E-state index is 12.2. The number of amides is 1. The lowest BCUT2D eigenvalue weighted by Crippen LogP contribution is -2.67. The number of piperazine rings is 1. The Hall–Kier alpha value is -0.810. The van der Waals surface area contributed by atoms with Crippen LogP contribution in [-0.4, -0.2) is 66.8 Å². The molecule has 19 heavy (non-hydrogen) atoms. The van der Waals surface area contributed by atoms with Gasteiger partial charge in [0, 0.05) is 32.7 Å². The van der Waals surface area contributed by atoms with Crippen molar-refractivity contribution in [2.24, 2.45) is 0 Å². The monoisotopic (exact) mass is 269 g/mol. The number of nitrogens with zero attached hydrogens (tertiary/aromatic N) is 2. The van der Waals surface area contributed by atoms with Crippen molar-refractivity contribution in [1.29, 1.82) is 0 Å². The summed E-state index contributed by atoms with van der Waals surface area (Å²) in [5.41, 5.74) is -0.328. The van der Waals surface area contributed by atoms with Crippen molar-refractivity contribution in [1.82, 2.24) is 15.1 Å². The first-order valence-electron chi connectivity index (χ1n) is 7.22. The molecular weight excluding hydrogens is 242 g/mol. The summed E-state index contributed by atoms with van der Waals surface area (Å²) in [6, 6.07) is 0. The molecule has 0 bridgehead atoms. The lowest BCUT2D eigenvalue weighted by atomic mass is 9.86. The first kappa shape index (κ1) is 14.6. The minimum atomic E-state index is -0.418. The summed E-state index contributed by atoms with van der Waals surface area (Å²) in [4.78, 5) is 16.5. The van der Waals surface area contributed by atoms with Gasteiger partial charge in [0.1, 0.15) is 5.60 Å². The van der Waals surface area contributed by atoms with Crippen LogP contribution >= 0.6 is 0 Å². The maximum Gasteiger partial charge on any atom is 0.410 e. The molecule has 110 valence electrons. The fourth-order valence-electron chi connectivity index (χ4n) is 2.99. The Morgan fingerprint density at radius 2 is 2.05 bits per heavy atom. The van der Waals surface area contributed by atoms with Gasteiger partial charge in [0.25, 0.3) is 0 Å². The Kier molecular flexibility index (Phi) is 4.06. The number of nitrogens with one attached hydrogen (secondary N) is 1. The highest BCUT2D eigenvalue weighted by Gasteiger charge is 2.42. The molecule has 1 atom stereocenters. The summed E-state index contributed by atoms with van der Waals surface area (Å²) in [6.45, 7) is 10.4. The average Bonchev–Trinajstić information content (AvgIpc) is 2.31. The molecule has 1 spiro atoms. The van der Waals surface area contributed by atoms with Gasteiger partial charge < -0.3 is 15.0 Å². The highest BCUT2D eigenvalue weighted by Crippen LogP contribution is 2.28. The number of carbonyl (C=O) groups excluding carboxylic acids is 1. The van der Waals surface area contributed by atoms with Crippen LogP contribution in [0.25, 0.3) is 0 Å². The SMILES string of the molecule is CN1CCNCC12CCCN(C(=O)OC(C)(C)C)C2. The number of hydrogen-bond acceptors (Lipinski definition) is 4. The average molecular weight is 269 g/mol. The molecule has 5 heteroatoms. The first-order chi connectivity index (χ1) is 8.82. The molecule has 2 aliphatic heterocycles. The third kappa shape index (κ3) is 3.39. The van der Waals surface area contributed by atoms with Crippen molar-refractivity contribution in [3.8, 4) is 0 Å². The van der Waals surface area contributed by atoms with Crippen LogP contribution in [0.2, 0.25) is 0 Å². The quantitative estimate of drug-likeness (QED) is 0.720. The van der Waals surface area contributed by atoms with E-state index in [9.17, 15) is 4.79 Å². The van der Waals surface area contributed by atoms with Gasteiger partial charge in [-0.15, -0.1) is 0 Å². The largest absolute Gasteiger partial charge is 0.444 e. The van der Waals surface area contributed by atoms with Gasteiger partial charge in [-0.25, -0.2) is 4.79 Å². The number of hydrogen-bond donors (Lipinski definition) is 1. The molecule has 1 N–H and O–H groups in total. The summed E-state index contributed by atoms with van der Waals surface area (Å²) in [5.74, 6) is 0. The molecule has 2 saturated heterocycles. The molecule has 0 aromatic heterocycles. The molecule has 5 nitrogen and oxygen atoms in total. The van der Waals surface area contributed by atoms with Gasteiger partial charge in [0.05, 0.1) is 5.54 Å². The zero-order chi connectivity index (χ0) is 14.1. The second-order valence-electron chi connectivity index (χ2n) is 6.83. The van der Waals surface area contributed by atoms with E-state index in [-0.39, 0.29) is 11.6 Å². The van der Waals surface area contributed by atoms with Crippen molar-refractivity contribution in [2.75, 3.05) is 39.8 Å². The standard InChI is InChI=1S/C14H27N3O2/c1-13(2,3)19-12(18)17-8-5-6-14(11-17)10-15-7-9-16(14)4/h15H,5-11H2,1-4H3. The maximum absolute atomic E-state index is 12.2. The number of piperidine rings is 1. The molecule has 2 fully saturated rings. The van der Waals surface area contributed by atoms with Crippen LogP contribution in [0.3, 0.4) is 0 Å². The molecule has 2 heterocycles. The predicted molar refractivity (Wildman–Crippen MR) is 75.3 cm³/mol. The van der Waals surface area contributed by atoms with Gasteiger partial charge in [0.15, 0.2) is 0 Å². The van der Waals surface area contributed by atoms with E-state index in [1.807, 2.05) is 25.7 Å². The second-order valence-corrected chi connectivity index (χ2v) is 6.83. The Morgan fingerprint density at radius 3 is 2.68 bits per heavy atom. The summed E-state index contributed by atoms with van der Waals surface area (Å²) < 4.78 is 5.49. The van der Waals surface area contributed by atoms with Gasteiger partial charge in [-0.3, -0.25) is 4.90 Å². The lowest BCUT2D eigenvalue weighted by molar-refractivity contribution is -0.0164. The Balaban J connectivity index is 2.02. The van der Waals surface area contributed by atoms with Crippen molar-refractivity contribution >= 4 is 6.09 Å². The van der Waals surface area contributed by atoms with Crippen LogP contribution in [-0.2, 0) is 4.74 Å². The third-order valence-electron chi connectivity index (χ3n) is 4.09. The fraction of sp³-hybridized carbons (Fsp3) is 0.929. The van der Waals surface area contributed by atoms with Crippen molar-refractivity contribution in [3.63, 3.8) is 0 Å². The van der Waals surface area contributed by atoms with E-state index in [2.05, 4.69) is 17.3 Å².